The van der Waals surface area contributed by atoms with Crippen molar-refractivity contribution in [2.24, 2.45) is 0 Å². The molecule has 0 amide bonds. The van der Waals surface area contributed by atoms with Gasteiger partial charge in [0.05, 0.1) is 0 Å². The lowest BCUT2D eigenvalue weighted by molar-refractivity contribution is 0.645. The van der Waals surface area contributed by atoms with E-state index in [-0.39, 0.29) is 12.4 Å². The molecule has 1 nitrogen and oxygen atoms in total. The smallest absolute Gasteiger partial charge is 0.0406 e. The predicted octanol–water partition coefficient (Wildman–Crippen LogP) is 4.07. The maximum absolute atomic E-state index is 5.93. The highest BCUT2D eigenvalue weighted by Crippen LogP contribution is 2.28. The van der Waals surface area contributed by atoms with Crippen molar-refractivity contribution in [1.29, 1.82) is 0 Å². The van der Waals surface area contributed by atoms with E-state index in [1.54, 1.807) is 0 Å². The molecule has 1 N–H and O–H groups in total. The Hall–Kier alpha value is -1.02. The molecule has 0 fully saturated rings. The van der Waals surface area contributed by atoms with Crippen molar-refractivity contribution in [3.8, 4) is 11.1 Å². The summed E-state index contributed by atoms with van der Waals surface area (Å²) in [5, 5.41) is 4.22. The number of hydrogen-bond donors (Lipinski definition) is 1. The van der Waals surface area contributed by atoms with E-state index in [0.29, 0.717) is 0 Å². The predicted molar refractivity (Wildman–Crippen MR) is 79.5 cm³/mol. The zero-order valence-corrected chi connectivity index (χ0v) is 11.5. The maximum Gasteiger partial charge on any atom is 0.0406 e. The minimum atomic E-state index is 0. The lowest BCUT2D eigenvalue weighted by Crippen LogP contribution is -2.24. The fraction of sp³-hybridized carbons (Fsp3) is 0.200. The third-order valence-corrected chi connectivity index (χ3v) is 3.55. The minimum absolute atomic E-state index is 0. The lowest BCUT2D eigenvalue weighted by Gasteiger charge is -2.20. The fourth-order valence-electron chi connectivity index (χ4n) is 2.41. The summed E-state index contributed by atoms with van der Waals surface area (Å²) in [6.45, 7) is 2.05. The second-order valence-electron chi connectivity index (χ2n) is 4.38. The molecule has 2 aromatic carbocycles. The van der Waals surface area contributed by atoms with Gasteiger partial charge in [0, 0.05) is 11.6 Å². The van der Waals surface area contributed by atoms with Gasteiger partial charge >= 0.3 is 0 Å². The highest BCUT2D eigenvalue weighted by molar-refractivity contribution is 6.30. The van der Waals surface area contributed by atoms with Gasteiger partial charge in [-0.1, -0.05) is 41.9 Å². The zero-order valence-electron chi connectivity index (χ0n) is 9.95. The Labute approximate surface area is 119 Å². The largest absolute Gasteiger partial charge is 0.312 e. The molecule has 2 aromatic rings. The Morgan fingerprint density at radius 3 is 2.56 bits per heavy atom. The molecule has 0 saturated carbocycles. The minimum Gasteiger partial charge on any atom is -0.312 e. The zero-order chi connectivity index (χ0) is 11.7. The van der Waals surface area contributed by atoms with Crippen molar-refractivity contribution in [3.63, 3.8) is 0 Å². The first kappa shape index (κ1) is 13.4. The van der Waals surface area contributed by atoms with Crippen LogP contribution in [0, 0.1) is 0 Å². The second kappa shape index (κ2) is 5.75. The molecule has 1 aliphatic rings. The molecule has 0 radical (unpaired) electrons. The Morgan fingerprint density at radius 2 is 1.78 bits per heavy atom. The first-order valence-electron chi connectivity index (χ1n) is 5.92. The molecule has 94 valence electrons. The monoisotopic (exact) mass is 279 g/mol. The van der Waals surface area contributed by atoms with Crippen LogP contribution in [-0.2, 0) is 13.0 Å². The van der Waals surface area contributed by atoms with Gasteiger partial charge in [0.25, 0.3) is 0 Å². The fourth-order valence-corrected chi connectivity index (χ4v) is 2.54. The molecule has 0 unspecified atom stereocenters. The van der Waals surface area contributed by atoms with Crippen LogP contribution in [0.2, 0.25) is 5.02 Å². The van der Waals surface area contributed by atoms with E-state index in [4.69, 9.17) is 11.6 Å². The number of rotatable bonds is 1. The molecule has 0 aliphatic carbocycles. The number of halogens is 2. The van der Waals surface area contributed by atoms with Gasteiger partial charge in [-0.2, -0.15) is 0 Å². The van der Waals surface area contributed by atoms with E-state index < -0.39 is 0 Å². The van der Waals surface area contributed by atoms with Crippen LogP contribution in [0.25, 0.3) is 11.1 Å². The standard InChI is InChI=1S/C15H14ClN.ClH/c16-13-6-4-12(5-7-13)14-3-1-2-11-8-9-17-10-15(11)14;/h1-7,17H,8-10H2;1H. The Balaban J connectivity index is 0.00000120. The van der Waals surface area contributed by atoms with Crippen LogP contribution >= 0.6 is 24.0 Å². The molecule has 1 aliphatic heterocycles. The van der Waals surface area contributed by atoms with E-state index in [1.807, 2.05) is 12.1 Å². The summed E-state index contributed by atoms with van der Waals surface area (Å²) >= 11 is 5.93. The van der Waals surface area contributed by atoms with Crippen LogP contribution in [-0.4, -0.2) is 6.54 Å². The van der Waals surface area contributed by atoms with Gasteiger partial charge in [0.2, 0.25) is 0 Å². The van der Waals surface area contributed by atoms with E-state index in [1.165, 1.54) is 22.3 Å². The van der Waals surface area contributed by atoms with Crippen molar-refractivity contribution in [2.45, 2.75) is 13.0 Å². The van der Waals surface area contributed by atoms with E-state index in [9.17, 15) is 0 Å². The van der Waals surface area contributed by atoms with Gasteiger partial charge in [-0.3, -0.25) is 0 Å². The number of nitrogens with one attached hydrogen (secondary N) is 1. The van der Waals surface area contributed by atoms with Crippen molar-refractivity contribution < 1.29 is 0 Å². The van der Waals surface area contributed by atoms with Crippen LogP contribution in [0.1, 0.15) is 11.1 Å². The highest BCUT2D eigenvalue weighted by atomic mass is 35.5. The van der Waals surface area contributed by atoms with Gasteiger partial charge in [-0.05, 0) is 47.4 Å². The highest BCUT2D eigenvalue weighted by Gasteiger charge is 2.13. The maximum atomic E-state index is 5.93. The Morgan fingerprint density at radius 1 is 1.00 bits per heavy atom. The van der Waals surface area contributed by atoms with Gasteiger partial charge in [0.1, 0.15) is 0 Å². The van der Waals surface area contributed by atoms with Crippen molar-refractivity contribution in [3.05, 3.63) is 58.6 Å². The molecule has 0 spiro atoms. The third-order valence-electron chi connectivity index (χ3n) is 3.30. The summed E-state index contributed by atoms with van der Waals surface area (Å²) in [6.07, 6.45) is 1.12. The molecule has 3 heteroatoms. The van der Waals surface area contributed by atoms with Gasteiger partial charge in [0.15, 0.2) is 0 Å². The Kier molecular flexibility index (Phi) is 4.28. The average Bonchev–Trinajstić information content (AvgIpc) is 2.39. The summed E-state index contributed by atoms with van der Waals surface area (Å²) in [5.41, 5.74) is 5.47. The lowest BCUT2D eigenvalue weighted by atomic mass is 9.92. The number of fused-ring (bicyclic) bond motifs is 1. The quantitative estimate of drug-likeness (QED) is 0.830. The van der Waals surface area contributed by atoms with E-state index in [0.717, 1.165) is 24.5 Å². The van der Waals surface area contributed by atoms with Gasteiger partial charge < -0.3 is 5.32 Å². The summed E-state index contributed by atoms with van der Waals surface area (Å²) in [5.74, 6) is 0. The molecule has 0 aromatic heterocycles. The third kappa shape index (κ3) is 2.54. The SMILES string of the molecule is Cl.Clc1ccc(-c2cccc3c2CNCC3)cc1. The normalized spacial score (nSPS) is 13.6. The van der Waals surface area contributed by atoms with E-state index in [2.05, 4.69) is 35.6 Å². The van der Waals surface area contributed by atoms with Crippen LogP contribution in [0.4, 0.5) is 0 Å². The Bertz CT molecular complexity index is 535. The van der Waals surface area contributed by atoms with Crippen LogP contribution in [0.15, 0.2) is 42.5 Å². The molecule has 0 saturated heterocycles. The van der Waals surface area contributed by atoms with Crippen LogP contribution in [0.5, 0.6) is 0 Å². The van der Waals surface area contributed by atoms with Crippen molar-refractivity contribution in [1.82, 2.24) is 5.32 Å². The molecule has 0 atom stereocenters. The summed E-state index contributed by atoms with van der Waals surface area (Å²) in [4.78, 5) is 0. The molecular weight excluding hydrogens is 265 g/mol. The number of benzene rings is 2. The molecule has 3 rings (SSSR count). The molecule has 1 heterocycles. The van der Waals surface area contributed by atoms with Crippen molar-refractivity contribution >= 4 is 24.0 Å². The summed E-state index contributed by atoms with van der Waals surface area (Å²) < 4.78 is 0. The van der Waals surface area contributed by atoms with Gasteiger partial charge in [-0.25, -0.2) is 0 Å². The van der Waals surface area contributed by atoms with E-state index >= 15 is 0 Å². The molecule has 18 heavy (non-hydrogen) atoms. The van der Waals surface area contributed by atoms with Crippen LogP contribution < -0.4 is 5.32 Å². The average molecular weight is 280 g/mol. The van der Waals surface area contributed by atoms with Crippen molar-refractivity contribution in [2.75, 3.05) is 6.54 Å². The van der Waals surface area contributed by atoms with Gasteiger partial charge in [-0.15, -0.1) is 12.4 Å². The van der Waals surface area contributed by atoms with Crippen LogP contribution in [0.3, 0.4) is 0 Å². The summed E-state index contributed by atoms with van der Waals surface area (Å²) in [6, 6.07) is 14.6. The first-order chi connectivity index (χ1) is 8.34. The first-order valence-corrected chi connectivity index (χ1v) is 6.30. The number of hydrogen-bond acceptors (Lipinski definition) is 1. The summed E-state index contributed by atoms with van der Waals surface area (Å²) in [7, 11) is 0. The molecule has 0 bridgehead atoms. The topological polar surface area (TPSA) is 12.0 Å². The second-order valence-corrected chi connectivity index (χ2v) is 4.81. The molecular formula is C15H15Cl2N.